The Bertz CT molecular complexity index is 888. The van der Waals surface area contributed by atoms with E-state index < -0.39 is 10.0 Å². The molecule has 1 amide bonds. The van der Waals surface area contributed by atoms with Gasteiger partial charge in [-0.15, -0.1) is 0 Å². The second-order valence-electron chi connectivity index (χ2n) is 4.99. The van der Waals surface area contributed by atoms with Crippen LogP contribution in [0.1, 0.15) is 16.1 Å². The van der Waals surface area contributed by atoms with Crippen LogP contribution in [0, 0.1) is 6.92 Å². The van der Waals surface area contributed by atoms with E-state index in [4.69, 9.17) is 0 Å². The standard InChI is InChI=1S/C15H18N4O3S2/c1-10-9-12(24(21,22)16-3)5-6-14(10)23-11(2)17-15(20)13-7-8-19(4)18-13/h5-9,16H,2H2,1,3-4H3,(H,17,20). The molecule has 0 spiro atoms. The second-order valence-corrected chi connectivity index (χ2v) is 8.01. The van der Waals surface area contributed by atoms with Crippen LogP contribution in [0.5, 0.6) is 0 Å². The highest BCUT2D eigenvalue weighted by molar-refractivity contribution is 8.03. The van der Waals surface area contributed by atoms with Crippen molar-refractivity contribution in [3.05, 3.63) is 53.3 Å². The number of thioether (sulfide) groups is 1. The molecule has 7 nitrogen and oxygen atoms in total. The van der Waals surface area contributed by atoms with Gasteiger partial charge in [-0.1, -0.05) is 18.3 Å². The van der Waals surface area contributed by atoms with Crippen LogP contribution in [0.4, 0.5) is 0 Å². The number of hydrogen-bond acceptors (Lipinski definition) is 5. The molecule has 2 aromatic rings. The Labute approximate surface area is 145 Å². The largest absolute Gasteiger partial charge is 0.315 e. The third-order valence-electron chi connectivity index (χ3n) is 3.16. The lowest BCUT2D eigenvalue weighted by molar-refractivity contribution is 0.0963. The predicted molar refractivity (Wildman–Crippen MR) is 93.1 cm³/mol. The number of aryl methyl sites for hydroxylation is 2. The zero-order valence-electron chi connectivity index (χ0n) is 13.5. The smallest absolute Gasteiger partial charge is 0.276 e. The third kappa shape index (κ3) is 4.25. The van der Waals surface area contributed by atoms with Gasteiger partial charge in [0.1, 0.15) is 0 Å². The van der Waals surface area contributed by atoms with Crippen molar-refractivity contribution in [2.24, 2.45) is 7.05 Å². The van der Waals surface area contributed by atoms with Gasteiger partial charge in [0.05, 0.1) is 9.92 Å². The molecule has 128 valence electrons. The second kappa shape index (κ2) is 7.20. The summed E-state index contributed by atoms with van der Waals surface area (Å²) in [7, 11) is -0.391. The molecule has 0 atom stereocenters. The maximum absolute atomic E-state index is 12.0. The molecular weight excluding hydrogens is 348 g/mol. The fourth-order valence-corrected chi connectivity index (χ4v) is 3.49. The fraction of sp³-hybridized carbons (Fsp3) is 0.200. The Kier molecular flexibility index (Phi) is 5.47. The first-order valence-corrected chi connectivity index (χ1v) is 9.25. The minimum Gasteiger partial charge on any atom is -0.315 e. The molecule has 1 heterocycles. The van der Waals surface area contributed by atoms with E-state index in [1.807, 2.05) is 0 Å². The van der Waals surface area contributed by atoms with E-state index in [2.05, 4.69) is 21.7 Å². The SMILES string of the molecule is C=C(NC(=O)c1ccn(C)n1)Sc1ccc(S(=O)(=O)NC)cc1C. The lowest BCUT2D eigenvalue weighted by atomic mass is 10.2. The molecule has 0 aliphatic rings. The predicted octanol–water partition coefficient (Wildman–Crippen LogP) is 1.63. The van der Waals surface area contributed by atoms with Crippen LogP contribution < -0.4 is 10.0 Å². The van der Waals surface area contributed by atoms with Crippen LogP contribution in [-0.2, 0) is 17.1 Å². The first-order chi connectivity index (χ1) is 11.2. The summed E-state index contributed by atoms with van der Waals surface area (Å²) in [5, 5.41) is 7.11. The zero-order valence-corrected chi connectivity index (χ0v) is 15.2. The average molecular weight is 366 g/mol. The molecule has 2 N–H and O–H groups in total. The van der Waals surface area contributed by atoms with Gasteiger partial charge in [-0.05, 0) is 43.8 Å². The Balaban J connectivity index is 2.08. The topological polar surface area (TPSA) is 93.1 Å². The van der Waals surface area contributed by atoms with Crippen LogP contribution in [0.25, 0.3) is 0 Å². The van der Waals surface area contributed by atoms with Crippen LogP contribution in [0.3, 0.4) is 0 Å². The van der Waals surface area contributed by atoms with Crippen LogP contribution in [0.2, 0.25) is 0 Å². The van der Waals surface area contributed by atoms with Crippen molar-refractivity contribution in [3.8, 4) is 0 Å². The quantitative estimate of drug-likeness (QED) is 0.758. The van der Waals surface area contributed by atoms with Gasteiger partial charge in [-0.2, -0.15) is 5.10 Å². The number of carbonyl (C=O) groups excluding carboxylic acids is 1. The lowest BCUT2D eigenvalue weighted by Gasteiger charge is -2.10. The maximum Gasteiger partial charge on any atom is 0.276 e. The highest BCUT2D eigenvalue weighted by Crippen LogP contribution is 2.28. The van der Waals surface area contributed by atoms with Gasteiger partial charge in [0.2, 0.25) is 10.0 Å². The monoisotopic (exact) mass is 366 g/mol. The molecule has 0 aliphatic heterocycles. The number of benzene rings is 1. The minimum atomic E-state index is -3.48. The third-order valence-corrected chi connectivity index (χ3v) is 5.60. The molecule has 0 radical (unpaired) electrons. The van der Waals surface area contributed by atoms with Crippen LogP contribution in [0.15, 0.2) is 51.9 Å². The van der Waals surface area contributed by atoms with E-state index in [1.54, 1.807) is 38.4 Å². The summed E-state index contributed by atoms with van der Waals surface area (Å²) in [6, 6.07) is 6.37. The maximum atomic E-state index is 12.0. The van der Waals surface area contributed by atoms with Crippen molar-refractivity contribution in [2.45, 2.75) is 16.7 Å². The molecule has 1 aromatic heterocycles. The minimum absolute atomic E-state index is 0.190. The van der Waals surface area contributed by atoms with Crippen molar-refractivity contribution in [1.29, 1.82) is 0 Å². The van der Waals surface area contributed by atoms with Crippen molar-refractivity contribution < 1.29 is 13.2 Å². The Morgan fingerprint density at radius 1 is 1.33 bits per heavy atom. The van der Waals surface area contributed by atoms with Crippen molar-refractivity contribution in [3.63, 3.8) is 0 Å². The van der Waals surface area contributed by atoms with E-state index in [0.717, 1.165) is 10.5 Å². The molecule has 0 saturated heterocycles. The molecule has 0 aliphatic carbocycles. The fourth-order valence-electron chi connectivity index (χ4n) is 1.91. The van der Waals surface area contributed by atoms with E-state index in [-0.39, 0.29) is 10.8 Å². The number of sulfonamides is 1. The van der Waals surface area contributed by atoms with Crippen molar-refractivity contribution in [2.75, 3.05) is 7.05 Å². The highest BCUT2D eigenvalue weighted by atomic mass is 32.2. The van der Waals surface area contributed by atoms with E-state index in [9.17, 15) is 13.2 Å². The van der Waals surface area contributed by atoms with Gasteiger partial charge < -0.3 is 5.32 Å². The summed E-state index contributed by atoms with van der Waals surface area (Å²) in [6.07, 6.45) is 1.68. The average Bonchev–Trinajstić information content (AvgIpc) is 2.95. The lowest BCUT2D eigenvalue weighted by Crippen LogP contribution is -2.21. The summed E-state index contributed by atoms with van der Waals surface area (Å²) in [4.78, 5) is 13.0. The zero-order chi connectivity index (χ0) is 17.9. The number of nitrogens with zero attached hydrogens (tertiary/aromatic N) is 2. The number of nitrogens with one attached hydrogen (secondary N) is 2. The summed E-state index contributed by atoms with van der Waals surface area (Å²) >= 11 is 1.25. The first-order valence-electron chi connectivity index (χ1n) is 6.95. The van der Waals surface area contributed by atoms with Gasteiger partial charge in [0, 0.05) is 18.1 Å². The molecule has 0 bridgehead atoms. The summed E-state index contributed by atoms with van der Waals surface area (Å²) in [5.74, 6) is -0.347. The van der Waals surface area contributed by atoms with E-state index >= 15 is 0 Å². The van der Waals surface area contributed by atoms with Crippen LogP contribution >= 0.6 is 11.8 Å². The Hall–Kier alpha value is -2.10. The number of hydrogen-bond donors (Lipinski definition) is 2. The van der Waals surface area contributed by atoms with Gasteiger partial charge in [0.15, 0.2) is 5.69 Å². The molecule has 0 fully saturated rings. The highest BCUT2D eigenvalue weighted by Gasteiger charge is 2.14. The molecular formula is C15H18N4O3S2. The Morgan fingerprint density at radius 2 is 2.04 bits per heavy atom. The molecule has 9 heteroatoms. The van der Waals surface area contributed by atoms with Gasteiger partial charge in [-0.25, -0.2) is 13.1 Å². The van der Waals surface area contributed by atoms with Gasteiger partial charge in [0.25, 0.3) is 5.91 Å². The van der Waals surface area contributed by atoms with Gasteiger partial charge >= 0.3 is 0 Å². The molecule has 0 unspecified atom stereocenters. The van der Waals surface area contributed by atoms with Crippen molar-refractivity contribution in [1.82, 2.24) is 19.8 Å². The van der Waals surface area contributed by atoms with Crippen LogP contribution in [-0.4, -0.2) is 31.2 Å². The number of aromatic nitrogens is 2. The summed E-state index contributed by atoms with van der Waals surface area (Å²) < 4.78 is 27.4. The van der Waals surface area contributed by atoms with Crippen molar-refractivity contribution >= 4 is 27.7 Å². The number of carbonyl (C=O) groups is 1. The van der Waals surface area contributed by atoms with E-state index in [0.29, 0.717) is 10.7 Å². The number of amides is 1. The van der Waals surface area contributed by atoms with Gasteiger partial charge in [-0.3, -0.25) is 9.48 Å². The first kappa shape index (κ1) is 18.2. The molecule has 2 rings (SSSR count). The molecule has 1 aromatic carbocycles. The Morgan fingerprint density at radius 3 is 2.58 bits per heavy atom. The summed E-state index contributed by atoms with van der Waals surface area (Å²) in [5.41, 5.74) is 1.07. The van der Waals surface area contributed by atoms with E-state index in [1.165, 1.54) is 29.6 Å². The number of rotatable bonds is 6. The molecule has 0 saturated carbocycles. The molecule has 24 heavy (non-hydrogen) atoms. The normalized spacial score (nSPS) is 11.3. The summed E-state index contributed by atoms with van der Waals surface area (Å²) in [6.45, 7) is 5.61.